The Labute approximate surface area is 130 Å². The predicted molar refractivity (Wildman–Crippen MR) is 85.4 cm³/mol. The summed E-state index contributed by atoms with van der Waals surface area (Å²) in [6, 6.07) is 13.3. The Hall–Kier alpha value is -1.82. The summed E-state index contributed by atoms with van der Waals surface area (Å²) in [6.45, 7) is 0. The molecule has 0 aliphatic rings. The standard InChI is InChI=1S/C15H12ClNO3S/c16-14-5-1-12(2-6-14)9-10-21(20)11-13-3-7-15(8-4-13)17(18)19/h1-10H,11H2/b10-9+. The van der Waals surface area contributed by atoms with Crippen LogP contribution in [0.1, 0.15) is 11.1 Å². The lowest BCUT2D eigenvalue weighted by Gasteiger charge is -2.05. The Kier molecular flexibility index (Phi) is 5.38. The number of rotatable bonds is 5. The van der Waals surface area contributed by atoms with Crippen molar-refractivity contribution in [2.75, 3.05) is 0 Å². The lowest BCUT2D eigenvalue weighted by atomic mass is 10.2. The molecule has 108 valence electrons. The molecule has 0 amide bonds. The normalized spacial score (nSPS) is 12.5. The molecule has 0 aliphatic carbocycles. The van der Waals surface area contributed by atoms with Crippen LogP contribution >= 0.6 is 11.6 Å². The van der Waals surface area contributed by atoms with Crippen LogP contribution in [-0.4, -0.2) is 9.48 Å². The lowest BCUT2D eigenvalue weighted by Crippen LogP contribution is -2.00. The van der Waals surface area contributed by atoms with Crippen LogP contribution in [0, 0.1) is 10.1 Å². The van der Waals surface area contributed by atoms with Gasteiger partial charge >= 0.3 is 0 Å². The monoisotopic (exact) mass is 321 g/mol. The SMILES string of the molecule is O=[N+]([O-])c1ccc(C[S+]([O-])/C=C/c2ccc(Cl)cc2)cc1. The number of halogens is 1. The minimum atomic E-state index is -1.18. The van der Waals surface area contributed by atoms with E-state index in [0.29, 0.717) is 10.8 Å². The first-order valence-corrected chi connectivity index (χ1v) is 7.85. The van der Waals surface area contributed by atoms with E-state index in [9.17, 15) is 14.7 Å². The number of hydrogen-bond donors (Lipinski definition) is 0. The van der Waals surface area contributed by atoms with Gasteiger partial charge in [0.25, 0.3) is 5.69 Å². The lowest BCUT2D eigenvalue weighted by molar-refractivity contribution is -0.384. The summed E-state index contributed by atoms with van der Waals surface area (Å²) in [5, 5.41) is 12.8. The summed E-state index contributed by atoms with van der Waals surface area (Å²) in [6.07, 6.45) is 1.76. The largest absolute Gasteiger partial charge is 0.612 e. The van der Waals surface area contributed by atoms with Crippen LogP contribution in [-0.2, 0) is 16.9 Å². The molecule has 4 nitrogen and oxygen atoms in total. The molecule has 0 aliphatic heterocycles. The molecule has 21 heavy (non-hydrogen) atoms. The van der Waals surface area contributed by atoms with Crippen LogP contribution in [0.15, 0.2) is 53.9 Å². The molecular formula is C15H12ClNO3S. The predicted octanol–water partition coefficient (Wildman–Crippen LogP) is 4.17. The topological polar surface area (TPSA) is 66.2 Å². The van der Waals surface area contributed by atoms with Gasteiger partial charge in [-0.3, -0.25) is 10.1 Å². The van der Waals surface area contributed by atoms with Crippen molar-refractivity contribution in [3.8, 4) is 0 Å². The minimum Gasteiger partial charge on any atom is -0.612 e. The van der Waals surface area contributed by atoms with Gasteiger partial charge in [-0.2, -0.15) is 0 Å². The Balaban J connectivity index is 1.96. The summed E-state index contributed by atoms with van der Waals surface area (Å²) in [5.41, 5.74) is 1.73. The third kappa shape index (κ3) is 4.90. The molecule has 1 atom stereocenters. The van der Waals surface area contributed by atoms with E-state index in [0.717, 1.165) is 11.1 Å². The summed E-state index contributed by atoms with van der Waals surface area (Å²) >= 11 is 4.61. The summed E-state index contributed by atoms with van der Waals surface area (Å²) in [4.78, 5) is 10.1. The molecule has 6 heteroatoms. The van der Waals surface area contributed by atoms with Crippen molar-refractivity contribution in [2.24, 2.45) is 0 Å². The average Bonchev–Trinajstić information content (AvgIpc) is 2.47. The summed E-state index contributed by atoms with van der Waals surface area (Å²) < 4.78 is 11.9. The van der Waals surface area contributed by atoms with E-state index in [2.05, 4.69) is 0 Å². The Bertz CT molecular complexity index is 641. The molecule has 0 N–H and O–H groups in total. The highest BCUT2D eigenvalue weighted by Gasteiger charge is 2.08. The van der Waals surface area contributed by atoms with Gasteiger partial charge < -0.3 is 4.55 Å². The van der Waals surface area contributed by atoms with Gasteiger partial charge in [0, 0.05) is 22.7 Å². The van der Waals surface area contributed by atoms with E-state index >= 15 is 0 Å². The van der Waals surface area contributed by atoms with E-state index in [-0.39, 0.29) is 5.69 Å². The molecule has 0 spiro atoms. The molecule has 0 aromatic heterocycles. The number of nitro benzene ring substituents is 1. The van der Waals surface area contributed by atoms with Gasteiger partial charge in [-0.1, -0.05) is 23.7 Å². The highest BCUT2D eigenvalue weighted by atomic mass is 35.5. The number of nitro groups is 1. The van der Waals surface area contributed by atoms with Crippen molar-refractivity contribution < 1.29 is 9.48 Å². The fourth-order valence-electron chi connectivity index (χ4n) is 1.65. The minimum absolute atomic E-state index is 0.0289. The Morgan fingerprint density at radius 2 is 1.71 bits per heavy atom. The van der Waals surface area contributed by atoms with Crippen molar-refractivity contribution in [1.82, 2.24) is 0 Å². The van der Waals surface area contributed by atoms with E-state index in [4.69, 9.17) is 11.6 Å². The van der Waals surface area contributed by atoms with E-state index in [1.54, 1.807) is 35.7 Å². The highest BCUT2D eigenvalue weighted by Crippen LogP contribution is 2.16. The molecule has 0 saturated carbocycles. The number of non-ortho nitro benzene ring substituents is 1. The van der Waals surface area contributed by atoms with E-state index in [1.807, 2.05) is 12.1 Å². The molecule has 1 unspecified atom stereocenters. The fourth-order valence-corrected chi connectivity index (χ4v) is 2.71. The molecule has 0 saturated heterocycles. The van der Waals surface area contributed by atoms with Crippen molar-refractivity contribution in [3.05, 3.63) is 80.2 Å². The number of hydrogen-bond acceptors (Lipinski definition) is 3. The molecular weight excluding hydrogens is 310 g/mol. The third-order valence-electron chi connectivity index (χ3n) is 2.74. The summed E-state index contributed by atoms with van der Waals surface area (Å²) in [5.74, 6) is 0.322. The fraction of sp³-hybridized carbons (Fsp3) is 0.0667. The molecule has 0 radical (unpaired) electrons. The zero-order valence-electron chi connectivity index (χ0n) is 10.9. The Morgan fingerprint density at radius 1 is 1.10 bits per heavy atom. The van der Waals surface area contributed by atoms with Gasteiger partial charge in [0.15, 0.2) is 0 Å². The van der Waals surface area contributed by atoms with Crippen molar-refractivity contribution in [1.29, 1.82) is 0 Å². The molecule has 2 aromatic rings. The maximum absolute atomic E-state index is 11.9. The molecule has 2 aromatic carbocycles. The van der Waals surface area contributed by atoms with Gasteiger partial charge in [-0.05, 0) is 47.1 Å². The van der Waals surface area contributed by atoms with Gasteiger partial charge in [0.05, 0.1) is 4.92 Å². The van der Waals surface area contributed by atoms with Gasteiger partial charge in [0.2, 0.25) is 0 Å². The number of benzene rings is 2. The van der Waals surface area contributed by atoms with Crippen LogP contribution in [0.5, 0.6) is 0 Å². The van der Waals surface area contributed by atoms with Crippen LogP contribution in [0.3, 0.4) is 0 Å². The first kappa shape index (κ1) is 15.6. The smallest absolute Gasteiger partial charge is 0.269 e. The van der Waals surface area contributed by atoms with Crippen LogP contribution < -0.4 is 0 Å². The van der Waals surface area contributed by atoms with Crippen molar-refractivity contribution >= 4 is 34.5 Å². The molecule has 0 bridgehead atoms. The zero-order chi connectivity index (χ0) is 15.2. The molecule has 0 fully saturated rings. The number of nitrogens with zero attached hydrogens (tertiary/aromatic N) is 1. The molecule has 2 rings (SSSR count). The Morgan fingerprint density at radius 3 is 2.29 bits per heavy atom. The maximum Gasteiger partial charge on any atom is 0.269 e. The molecule has 0 heterocycles. The van der Waals surface area contributed by atoms with E-state index in [1.165, 1.54) is 12.1 Å². The van der Waals surface area contributed by atoms with Gasteiger partial charge in [-0.25, -0.2) is 0 Å². The van der Waals surface area contributed by atoms with Crippen molar-refractivity contribution in [3.63, 3.8) is 0 Å². The third-order valence-corrected chi connectivity index (χ3v) is 4.05. The second kappa shape index (κ2) is 7.26. The van der Waals surface area contributed by atoms with Gasteiger partial charge in [-0.15, -0.1) is 0 Å². The summed E-state index contributed by atoms with van der Waals surface area (Å²) in [7, 11) is 0. The quantitative estimate of drug-likeness (QED) is 0.471. The maximum atomic E-state index is 11.9. The van der Waals surface area contributed by atoms with Crippen LogP contribution in [0.4, 0.5) is 5.69 Å². The zero-order valence-corrected chi connectivity index (χ0v) is 12.5. The second-order valence-electron chi connectivity index (χ2n) is 4.30. The highest BCUT2D eigenvalue weighted by molar-refractivity contribution is 7.93. The van der Waals surface area contributed by atoms with Crippen molar-refractivity contribution in [2.45, 2.75) is 5.75 Å². The second-order valence-corrected chi connectivity index (χ2v) is 6.06. The average molecular weight is 322 g/mol. The first-order chi connectivity index (χ1) is 10.0. The van der Waals surface area contributed by atoms with Crippen LogP contribution in [0.25, 0.3) is 6.08 Å². The van der Waals surface area contributed by atoms with E-state index < -0.39 is 16.1 Å². The van der Waals surface area contributed by atoms with Gasteiger partial charge in [0.1, 0.15) is 11.2 Å². The first-order valence-electron chi connectivity index (χ1n) is 6.09. The van der Waals surface area contributed by atoms with Crippen LogP contribution in [0.2, 0.25) is 5.02 Å².